The van der Waals surface area contributed by atoms with Crippen molar-refractivity contribution >= 4 is 29.4 Å². The number of carboxylic acids is 1. The fourth-order valence-corrected chi connectivity index (χ4v) is 3.31. The van der Waals surface area contributed by atoms with E-state index in [0.717, 1.165) is 5.01 Å². The van der Waals surface area contributed by atoms with Crippen LogP contribution in [0.2, 0.25) is 0 Å². The Morgan fingerprint density at radius 1 is 1.03 bits per heavy atom. The van der Waals surface area contributed by atoms with Crippen molar-refractivity contribution in [1.29, 1.82) is 0 Å². The van der Waals surface area contributed by atoms with Gasteiger partial charge in [-0.2, -0.15) is 10.1 Å². The molecule has 166 valence electrons. The Labute approximate surface area is 186 Å². The number of H-pyrrole nitrogens is 1. The third-order valence-corrected chi connectivity index (χ3v) is 4.84. The van der Waals surface area contributed by atoms with Crippen LogP contribution in [0.5, 0.6) is 0 Å². The Morgan fingerprint density at radius 3 is 2.27 bits per heavy atom. The van der Waals surface area contributed by atoms with Gasteiger partial charge < -0.3 is 5.11 Å². The number of anilines is 1. The Kier molecular flexibility index (Phi) is 6.11. The van der Waals surface area contributed by atoms with Crippen molar-refractivity contribution in [1.82, 2.24) is 9.78 Å². The van der Waals surface area contributed by atoms with E-state index in [2.05, 4.69) is 15.1 Å². The molecule has 4 rings (SSSR count). The van der Waals surface area contributed by atoms with Crippen LogP contribution >= 0.6 is 0 Å². The van der Waals surface area contributed by atoms with Gasteiger partial charge in [-0.1, -0.05) is 42.5 Å². The number of hydrogen-bond donors (Lipinski definition) is 3. The highest BCUT2D eigenvalue weighted by Gasteiger charge is 2.34. The molecule has 1 aromatic heterocycles. The summed E-state index contributed by atoms with van der Waals surface area (Å²) in [6.45, 7) is -0.284. The number of aliphatic carboxylic acids is 1. The Morgan fingerprint density at radius 2 is 1.67 bits per heavy atom. The van der Waals surface area contributed by atoms with Gasteiger partial charge in [-0.05, 0) is 36.4 Å². The van der Waals surface area contributed by atoms with Gasteiger partial charge in [-0.25, -0.2) is 14.4 Å². The summed E-state index contributed by atoms with van der Waals surface area (Å²) in [5, 5.41) is 26.2. The predicted octanol–water partition coefficient (Wildman–Crippen LogP) is 2.58. The van der Waals surface area contributed by atoms with E-state index >= 15 is 0 Å². The van der Waals surface area contributed by atoms with Crippen molar-refractivity contribution in [2.45, 2.75) is 6.61 Å². The van der Waals surface area contributed by atoms with E-state index < -0.39 is 23.1 Å². The Hall–Kier alpha value is -4.54. The molecule has 0 aliphatic carbocycles. The molecule has 0 radical (unpaired) electrons. The van der Waals surface area contributed by atoms with E-state index in [9.17, 15) is 19.5 Å². The van der Waals surface area contributed by atoms with Gasteiger partial charge in [-0.3, -0.25) is 19.9 Å². The molecule has 0 unspecified atom stereocenters. The van der Waals surface area contributed by atoms with Gasteiger partial charge in [0.1, 0.15) is 6.61 Å². The third-order valence-electron chi connectivity index (χ3n) is 4.84. The van der Waals surface area contributed by atoms with E-state index in [1.165, 1.54) is 22.9 Å². The maximum Gasteiger partial charge on any atom is 0.357 e. The minimum atomic E-state index is -1.36. The summed E-state index contributed by atoms with van der Waals surface area (Å²) in [6.07, 6.45) is 4.06. The highest BCUT2D eigenvalue weighted by Crippen LogP contribution is 2.23. The fraction of sp³-hybridized carbons (Fsp3) is 0.0435. The molecule has 0 bridgehead atoms. The molecule has 2 aromatic carbocycles. The number of aromatic amines is 1. The molecule has 1 amide bonds. The largest absolute Gasteiger partial charge is 0.476 e. The van der Waals surface area contributed by atoms with Crippen LogP contribution in [0.4, 0.5) is 5.69 Å². The first-order chi connectivity index (χ1) is 16.0. The summed E-state index contributed by atoms with van der Waals surface area (Å²) < 4.78 is 1.28. The van der Waals surface area contributed by atoms with Crippen LogP contribution in [-0.4, -0.2) is 37.7 Å². The summed E-state index contributed by atoms with van der Waals surface area (Å²) in [6, 6.07) is 17.2. The highest BCUT2D eigenvalue weighted by atomic mass is 17.1. The monoisotopic (exact) mass is 446 g/mol. The molecule has 1 aliphatic rings. The zero-order valence-corrected chi connectivity index (χ0v) is 17.1. The van der Waals surface area contributed by atoms with Crippen molar-refractivity contribution in [2.75, 3.05) is 5.01 Å². The second-order valence-corrected chi connectivity index (χ2v) is 6.90. The average Bonchev–Trinajstić information content (AvgIpc) is 3.32. The number of hydrogen-bond acceptors (Lipinski definition) is 6. The molecule has 0 saturated heterocycles. The Balaban J connectivity index is 1.69. The van der Waals surface area contributed by atoms with Gasteiger partial charge in [0.15, 0.2) is 5.71 Å². The van der Waals surface area contributed by atoms with E-state index in [4.69, 9.17) is 5.26 Å². The number of carboxylic acid groups (broad SMARTS) is 1. The van der Waals surface area contributed by atoms with Gasteiger partial charge in [0.25, 0.3) is 11.5 Å². The molecule has 0 spiro atoms. The SMILES string of the molecule is O=C(O)C1=NN(c2ccccc2)C(=O)/C1=C\C=C\c1c(COO)[nH]n(-c2ccccc2)c1=O. The number of carbonyl (C=O) groups is 2. The Bertz CT molecular complexity index is 1340. The molecule has 2 heterocycles. The normalized spacial score (nSPS) is 14.9. The number of nitrogens with one attached hydrogen (secondary N) is 1. The lowest BCUT2D eigenvalue weighted by atomic mass is 10.1. The highest BCUT2D eigenvalue weighted by molar-refractivity contribution is 6.52. The maximum atomic E-state index is 12.9. The summed E-state index contributed by atoms with van der Waals surface area (Å²) in [7, 11) is 0. The molecule has 0 saturated carbocycles. The first-order valence-corrected chi connectivity index (χ1v) is 9.77. The summed E-state index contributed by atoms with van der Waals surface area (Å²) in [5.74, 6) is -1.97. The topological polar surface area (TPSA) is 137 Å². The minimum Gasteiger partial charge on any atom is -0.476 e. The van der Waals surface area contributed by atoms with Crippen LogP contribution < -0.4 is 10.6 Å². The van der Waals surface area contributed by atoms with E-state index in [1.807, 2.05) is 0 Å². The van der Waals surface area contributed by atoms with Crippen LogP contribution in [-0.2, 0) is 21.1 Å². The number of allylic oxidation sites excluding steroid dienone is 2. The third kappa shape index (κ3) is 4.28. The van der Waals surface area contributed by atoms with Crippen LogP contribution in [0, 0.1) is 0 Å². The first kappa shape index (κ1) is 21.7. The van der Waals surface area contributed by atoms with Crippen molar-refractivity contribution in [3.05, 3.63) is 100.0 Å². The van der Waals surface area contributed by atoms with Gasteiger partial charge in [0.05, 0.1) is 28.2 Å². The van der Waals surface area contributed by atoms with E-state index in [1.54, 1.807) is 60.7 Å². The molecular formula is C23H18N4O6. The van der Waals surface area contributed by atoms with Gasteiger partial charge in [-0.15, -0.1) is 0 Å². The lowest BCUT2D eigenvalue weighted by molar-refractivity contribution is -0.253. The van der Waals surface area contributed by atoms with Gasteiger partial charge in [0, 0.05) is 0 Å². The zero-order valence-electron chi connectivity index (χ0n) is 17.1. The standard InChI is InChI=1S/C23H18N4O6/c28-21-17(19(14-33-32)24-26(21)15-8-3-1-4-9-15)12-7-13-18-20(23(30)31)25-27(22(18)29)16-10-5-2-6-11-16/h1-13,24,32H,14H2,(H,30,31)/b12-7+,18-13-. The summed E-state index contributed by atoms with van der Waals surface area (Å²) in [4.78, 5) is 41.5. The van der Waals surface area contributed by atoms with Crippen LogP contribution in [0.3, 0.4) is 0 Å². The number of rotatable bonds is 7. The number of para-hydroxylation sites is 2. The average molecular weight is 446 g/mol. The maximum absolute atomic E-state index is 12.9. The first-order valence-electron chi connectivity index (χ1n) is 9.77. The second kappa shape index (κ2) is 9.30. The summed E-state index contributed by atoms with van der Waals surface area (Å²) >= 11 is 0. The predicted molar refractivity (Wildman–Crippen MR) is 120 cm³/mol. The molecule has 3 N–H and O–H groups in total. The molecule has 10 heteroatoms. The lowest BCUT2D eigenvalue weighted by Gasteiger charge is -2.10. The van der Waals surface area contributed by atoms with Crippen LogP contribution in [0.25, 0.3) is 11.8 Å². The van der Waals surface area contributed by atoms with Crippen molar-refractivity contribution in [2.24, 2.45) is 5.10 Å². The smallest absolute Gasteiger partial charge is 0.357 e. The van der Waals surface area contributed by atoms with Crippen LogP contribution in [0.1, 0.15) is 11.3 Å². The number of nitrogens with zero attached hydrogens (tertiary/aromatic N) is 3. The quantitative estimate of drug-likeness (QED) is 0.290. The molecule has 0 fully saturated rings. The molecule has 3 aromatic rings. The van der Waals surface area contributed by atoms with E-state index in [-0.39, 0.29) is 23.4 Å². The van der Waals surface area contributed by atoms with Crippen molar-refractivity contribution < 1.29 is 24.8 Å². The van der Waals surface area contributed by atoms with Gasteiger partial charge in [0.2, 0.25) is 0 Å². The lowest BCUT2D eigenvalue weighted by Crippen LogP contribution is -2.22. The number of benzene rings is 2. The summed E-state index contributed by atoms with van der Waals surface area (Å²) in [5.41, 5.74) is 0.487. The number of carbonyl (C=O) groups excluding carboxylic acids is 1. The molecule has 10 nitrogen and oxygen atoms in total. The van der Waals surface area contributed by atoms with E-state index in [0.29, 0.717) is 11.4 Å². The van der Waals surface area contributed by atoms with Gasteiger partial charge >= 0.3 is 5.97 Å². The molecule has 1 aliphatic heterocycles. The number of aromatic nitrogens is 2. The van der Waals surface area contributed by atoms with Crippen molar-refractivity contribution in [3.63, 3.8) is 0 Å². The number of hydrazone groups is 1. The fourth-order valence-electron chi connectivity index (χ4n) is 3.31. The second-order valence-electron chi connectivity index (χ2n) is 6.90. The van der Waals surface area contributed by atoms with Crippen molar-refractivity contribution in [3.8, 4) is 5.69 Å². The molecule has 33 heavy (non-hydrogen) atoms. The minimum absolute atomic E-state index is 0.138. The zero-order chi connectivity index (χ0) is 23.4. The van der Waals surface area contributed by atoms with Crippen LogP contribution in [0.15, 0.2) is 88.3 Å². The molecular weight excluding hydrogens is 428 g/mol. The molecule has 0 atom stereocenters. The number of amides is 1.